The van der Waals surface area contributed by atoms with E-state index in [0.29, 0.717) is 41.5 Å². The maximum atomic E-state index is 12.8. The molecule has 5 nitrogen and oxygen atoms in total. The van der Waals surface area contributed by atoms with Crippen LogP contribution < -0.4 is 10.1 Å². The standard InChI is InChI=1S/C22H19N3O2S/c23-13-4-5-15-27-18-9-6-8-17(16-18)25-21(26)20-12-7-14-24-22(20)28-19-10-2-1-3-11-19/h1-3,6-12,14,16H,4-5,15H2,(H,25,26). The Morgan fingerprint density at radius 3 is 2.79 bits per heavy atom. The Labute approximate surface area is 168 Å². The summed E-state index contributed by atoms with van der Waals surface area (Å²) in [4.78, 5) is 18.2. The van der Waals surface area contributed by atoms with Crippen LogP contribution in [0.2, 0.25) is 0 Å². The topological polar surface area (TPSA) is 75.0 Å². The van der Waals surface area contributed by atoms with Gasteiger partial charge < -0.3 is 10.1 Å². The highest BCUT2D eigenvalue weighted by Crippen LogP contribution is 2.29. The molecule has 0 unspecified atom stereocenters. The van der Waals surface area contributed by atoms with Crippen molar-refractivity contribution in [3.05, 3.63) is 78.5 Å². The molecular weight excluding hydrogens is 370 g/mol. The predicted octanol–water partition coefficient (Wildman–Crippen LogP) is 5.17. The number of rotatable bonds is 8. The van der Waals surface area contributed by atoms with Gasteiger partial charge in [0.05, 0.1) is 18.2 Å². The fourth-order valence-electron chi connectivity index (χ4n) is 2.45. The molecule has 1 amide bonds. The molecule has 2 aromatic carbocycles. The molecule has 1 N–H and O–H groups in total. The van der Waals surface area contributed by atoms with Crippen molar-refractivity contribution in [1.29, 1.82) is 5.26 Å². The van der Waals surface area contributed by atoms with Crippen LogP contribution in [0, 0.1) is 11.3 Å². The SMILES string of the molecule is N#CCCCOc1cccc(NC(=O)c2cccnc2Sc2ccccc2)c1. The van der Waals surface area contributed by atoms with Crippen LogP contribution >= 0.6 is 11.8 Å². The number of aromatic nitrogens is 1. The smallest absolute Gasteiger partial charge is 0.258 e. The molecule has 0 aliphatic rings. The fraction of sp³-hybridized carbons (Fsp3) is 0.136. The second-order valence-electron chi connectivity index (χ2n) is 5.86. The van der Waals surface area contributed by atoms with Gasteiger partial charge >= 0.3 is 0 Å². The van der Waals surface area contributed by atoms with Crippen molar-refractivity contribution in [2.45, 2.75) is 22.8 Å². The van der Waals surface area contributed by atoms with Gasteiger partial charge in [-0.25, -0.2) is 4.98 Å². The van der Waals surface area contributed by atoms with E-state index in [1.807, 2.05) is 42.5 Å². The third-order valence-electron chi connectivity index (χ3n) is 3.77. The van der Waals surface area contributed by atoms with Gasteiger partial charge in [-0.1, -0.05) is 36.0 Å². The summed E-state index contributed by atoms with van der Waals surface area (Å²) in [5.41, 5.74) is 1.15. The molecule has 0 fully saturated rings. The average Bonchev–Trinajstić information content (AvgIpc) is 2.73. The zero-order valence-electron chi connectivity index (χ0n) is 15.2. The number of ether oxygens (including phenoxy) is 1. The molecule has 28 heavy (non-hydrogen) atoms. The lowest BCUT2D eigenvalue weighted by molar-refractivity contribution is 0.102. The van der Waals surface area contributed by atoms with Crippen molar-refractivity contribution in [3.63, 3.8) is 0 Å². The Kier molecular flexibility index (Phi) is 7.05. The van der Waals surface area contributed by atoms with Crippen LogP contribution in [-0.2, 0) is 0 Å². The molecule has 6 heteroatoms. The number of hydrogen-bond acceptors (Lipinski definition) is 5. The van der Waals surface area contributed by atoms with Crippen molar-refractivity contribution < 1.29 is 9.53 Å². The number of anilines is 1. The lowest BCUT2D eigenvalue weighted by Gasteiger charge is -2.11. The number of unbranched alkanes of at least 4 members (excludes halogenated alkanes) is 1. The fourth-order valence-corrected chi connectivity index (χ4v) is 3.35. The van der Waals surface area contributed by atoms with Crippen LogP contribution in [-0.4, -0.2) is 17.5 Å². The minimum atomic E-state index is -0.229. The number of pyridine rings is 1. The number of nitrogens with one attached hydrogen (secondary N) is 1. The number of hydrogen-bond donors (Lipinski definition) is 1. The van der Waals surface area contributed by atoms with Crippen molar-refractivity contribution in [3.8, 4) is 11.8 Å². The molecule has 0 radical (unpaired) electrons. The average molecular weight is 389 g/mol. The predicted molar refractivity (Wildman–Crippen MR) is 110 cm³/mol. The van der Waals surface area contributed by atoms with Crippen molar-refractivity contribution in [2.75, 3.05) is 11.9 Å². The molecule has 0 atom stereocenters. The van der Waals surface area contributed by atoms with Gasteiger partial charge in [-0.15, -0.1) is 0 Å². The molecule has 0 saturated heterocycles. The van der Waals surface area contributed by atoms with Crippen LogP contribution in [0.15, 0.2) is 82.8 Å². The first kappa shape index (κ1) is 19.5. The number of nitrogens with zero attached hydrogens (tertiary/aromatic N) is 2. The zero-order chi connectivity index (χ0) is 19.6. The first-order valence-electron chi connectivity index (χ1n) is 8.85. The van der Waals surface area contributed by atoms with Crippen molar-refractivity contribution in [2.24, 2.45) is 0 Å². The van der Waals surface area contributed by atoms with E-state index >= 15 is 0 Å². The van der Waals surface area contributed by atoms with E-state index in [2.05, 4.69) is 16.4 Å². The Balaban J connectivity index is 1.69. The number of carbonyl (C=O) groups excluding carboxylic acids is 1. The molecule has 3 rings (SSSR count). The van der Waals surface area contributed by atoms with E-state index in [9.17, 15) is 4.79 Å². The Morgan fingerprint density at radius 1 is 1.11 bits per heavy atom. The van der Waals surface area contributed by atoms with Gasteiger partial charge in [0.15, 0.2) is 0 Å². The summed E-state index contributed by atoms with van der Waals surface area (Å²) in [7, 11) is 0. The molecule has 0 aliphatic carbocycles. The molecule has 0 bridgehead atoms. The van der Waals surface area contributed by atoms with Gasteiger partial charge in [0.2, 0.25) is 0 Å². The first-order valence-corrected chi connectivity index (χ1v) is 9.67. The molecule has 0 aliphatic heterocycles. The lowest BCUT2D eigenvalue weighted by Crippen LogP contribution is -2.13. The maximum Gasteiger partial charge on any atom is 0.258 e. The van der Waals surface area contributed by atoms with Crippen molar-refractivity contribution in [1.82, 2.24) is 4.98 Å². The summed E-state index contributed by atoms with van der Waals surface area (Å²) in [5, 5.41) is 12.1. The summed E-state index contributed by atoms with van der Waals surface area (Å²) in [5.74, 6) is 0.425. The quantitative estimate of drug-likeness (QED) is 0.538. The first-order chi connectivity index (χ1) is 13.8. The maximum absolute atomic E-state index is 12.8. The molecule has 140 valence electrons. The number of nitriles is 1. The molecule has 0 spiro atoms. The summed E-state index contributed by atoms with van der Waals surface area (Å²) in [6, 6.07) is 22.6. The number of benzene rings is 2. The van der Waals surface area contributed by atoms with Crippen molar-refractivity contribution >= 4 is 23.4 Å². The second kappa shape index (κ2) is 10.1. The van der Waals surface area contributed by atoms with E-state index < -0.39 is 0 Å². The van der Waals surface area contributed by atoms with Crippen LogP contribution in [0.25, 0.3) is 0 Å². The Bertz CT molecular complexity index is 971. The number of carbonyl (C=O) groups is 1. The van der Waals surface area contributed by atoms with E-state index in [-0.39, 0.29) is 5.91 Å². The van der Waals surface area contributed by atoms with E-state index in [1.165, 1.54) is 11.8 Å². The highest BCUT2D eigenvalue weighted by atomic mass is 32.2. The van der Waals surface area contributed by atoms with E-state index in [4.69, 9.17) is 10.00 Å². The van der Waals surface area contributed by atoms with E-state index in [0.717, 1.165) is 4.90 Å². The van der Waals surface area contributed by atoms with Crippen LogP contribution in [0.3, 0.4) is 0 Å². The molecule has 0 saturated carbocycles. The Morgan fingerprint density at radius 2 is 1.96 bits per heavy atom. The van der Waals surface area contributed by atoms with Gasteiger partial charge in [0.1, 0.15) is 10.8 Å². The molecule has 3 aromatic rings. The summed E-state index contributed by atoms with van der Waals surface area (Å²) >= 11 is 1.45. The number of amides is 1. The molecule has 1 heterocycles. The Hall–Kier alpha value is -3.30. The largest absolute Gasteiger partial charge is 0.493 e. The molecular formula is C22H19N3O2S. The van der Waals surface area contributed by atoms with Gasteiger partial charge in [-0.3, -0.25) is 4.79 Å². The summed E-state index contributed by atoms with van der Waals surface area (Å²) in [6.45, 7) is 0.464. The third-order valence-corrected chi connectivity index (χ3v) is 4.79. The van der Waals surface area contributed by atoms with Crippen LogP contribution in [0.4, 0.5) is 5.69 Å². The third kappa shape index (κ3) is 5.60. The zero-order valence-corrected chi connectivity index (χ0v) is 16.0. The highest BCUT2D eigenvalue weighted by molar-refractivity contribution is 7.99. The minimum absolute atomic E-state index is 0.229. The van der Waals surface area contributed by atoms with Gasteiger partial charge in [-0.2, -0.15) is 5.26 Å². The highest BCUT2D eigenvalue weighted by Gasteiger charge is 2.14. The van der Waals surface area contributed by atoms with Gasteiger partial charge in [0, 0.05) is 29.3 Å². The van der Waals surface area contributed by atoms with Crippen LogP contribution in [0.1, 0.15) is 23.2 Å². The van der Waals surface area contributed by atoms with Crippen LogP contribution in [0.5, 0.6) is 5.75 Å². The monoisotopic (exact) mass is 389 g/mol. The minimum Gasteiger partial charge on any atom is -0.493 e. The van der Waals surface area contributed by atoms with Gasteiger partial charge in [0.25, 0.3) is 5.91 Å². The lowest BCUT2D eigenvalue weighted by atomic mass is 10.2. The molecule has 1 aromatic heterocycles. The van der Waals surface area contributed by atoms with E-state index in [1.54, 1.807) is 30.5 Å². The second-order valence-corrected chi connectivity index (χ2v) is 6.93. The van der Waals surface area contributed by atoms with Gasteiger partial charge in [-0.05, 0) is 42.8 Å². The summed E-state index contributed by atoms with van der Waals surface area (Å²) < 4.78 is 5.62. The normalized spacial score (nSPS) is 10.1. The summed E-state index contributed by atoms with van der Waals surface area (Å²) in [6.07, 6.45) is 2.81.